The first kappa shape index (κ1) is 15.3. The highest BCUT2D eigenvalue weighted by molar-refractivity contribution is 5.85. The SMILES string of the molecule is CCCC(C)(N)C(=O)NCCc1ccc(O)c(O)c1. The minimum absolute atomic E-state index is 0.148. The average molecular weight is 266 g/mol. The van der Waals surface area contributed by atoms with Gasteiger partial charge < -0.3 is 21.3 Å². The van der Waals surface area contributed by atoms with Crippen molar-refractivity contribution in [3.63, 3.8) is 0 Å². The van der Waals surface area contributed by atoms with E-state index < -0.39 is 5.54 Å². The van der Waals surface area contributed by atoms with E-state index >= 15 is 0 Å². The summed E-state index contributed by atoms with van der Waals surface area (Å²) in [6.45, 7) is 4.15. The number of nitrogens with two attached hydrogens (primary N) is 1. The molecular weight excluding hydrogens is 244 g/mol. The zero-order valence-electron chi connectivity index (χ0n) is 11.4. The Morgan fingerprint density at radius 3 is 2.63 bits per heavy atom. The van der Waals surface area contributed by atoms with Crippen LogP contribution in [-0.4, -0.2) is 28.2 Å². The lowest BCUT2D eigenvalue weighted by atomic mass is 9.96. The standard InChI is InChI=1S/C14H22N2O3/c1-3-7-14(2,15)13(19)16-8-6-10-4-5-11(17)12(18)9-10/h4-5,9,17-18H,3,6-8,15H2,1-2H3,(H,16,19). The van der Waals surface area contributed by atoms with E-state index in [0.29, 0.717) is 19.4 Å². The van der Waals surface area contributed by atoms with E-state index in [9.17, 15) is 15.0 Å². The van der Waals surface area contributed by atoms with Gasteiger partial charge in [-0.3, -0.25) is 4.79 Å². The number of amides is 1. The lowest BCUT2D eigenvalue weighted by Gasteiger charge is -2.22. The molecule has 1 aromatic rings. The predicted octanol–water partition coefficient (Wildman–Crippen LogP) is 1.27. The molecule has 1 aromatic carbocycles. The molecule has 5 nitrogen and oxygen atoms in total. The molecule has 0 saturated heterocycles. The molecular formula is C14H22N2O3. The summed E-state index contributed by atoms with van der Waals surface area (Å²) in [5.74, 6) is -0.471. The Kier molecular flexibility index (Phi) is 5.18. The van der Waals surface area contributed by atoms with E-state index in [-0.39, 0.29) is 17.4 Å². The fourth-order valence-corrected chi connectivity index (χ4v) is 1.88. The third-order valence-electron chi connectivity index (χ3n) is 3.03. The molecule has 0 radical (unpaired) electrons. The summed E-state index contributed by atoms with van der Waals surface area (Å²) in [5.41, 5.74) is 5.91. The van der Waals surface area contributed by atoms with Crippen LogP contribution >= 0.6 is 0 Å². The molecule has 19 heavy (non-hydrogen) atoms. The van der Waals surface area contributed by atoms with Crippen molar-refractivity contribution in [3.8, 4) is 11.5 Å². The highest BCUT2D eigenvalue weighted by atomic mass is 16.3. The summed E-state index contributed by atoms with van der Waals surface area (Å²) in [4.78, 5) is 11.8. The van der Waals surface area contributed by atoms with Crippen molar-refractivity contribution < 1.29 is 15.0 Å². The smallest absolute Gasteiger partial charge is 0.239 e. The molecule has 0 fully saturated rings. The summed E-state index contributed by atoms with van der Waals surface area (Å²) in [5, 5.41) is 21.3. The normalized spacial score (nSPS) is 13.8. The molecule has 1 unspecified atom stereocenters. The van der Waals surface area contributed by atoms with Gasteiger partial charge in [0.15, 0.2) is 11.5 Å². The number of carbonyl (C=O) groups excluding carboxylic acids is 1. The fourth-order valence-electron chi connectivity index (χ4n) is 1.88. The molecule has 0 aliphatic carbocycles. The van der Waals surface area contributed by atoms with Crippen molar-refractivity contribution in [2.75, 3.05) is 6.54 Å². The Balaban J connectivity index is 2.46. The van der Waals surface area contributed by atoms with Crippen LogP contribution < -0.4 is 11.1 Å². The monoisotopic (exact) mass is 266 g/mol. The summed E-state index contributed by atoms with van der Waals surface area (Å²) in [6.07, 6.45) is 2.06. The summed E-state index contributed by atoms with van der Waals surface area (Å²) >= 11 is 0. The maximum Gasteiger partial charge on any atom is 0.239 e. The van der Waals surface area contributed by atoms with Gasteiger partial charge in [0.05, 0.1) is 5.54 Å². The van der Waals surface area contributed by atoms with Gasteiger partial charge >= 0.3 is 0 Å². The van der Waals surface area contributed by atoms with E-state index in [1.807, 2.05) is 6.92 Å². The summed E-state index contributed by atoms with van der Waals surface area (Å²) < 4.78 is 0. The molecule has 0 aromatic heterocycles. The molecule has 1 rings (SSSR count). The first-order valence-electron chi connectivity index (χ1n) is 6.45. The van der Waals surface area contributed by atoms with Gasteiger partial charge in [-0.05, 0) is 37.5 Å². The second-order valence-electron chi connectivity index (χ2n) is 5.00. The van der Waals surface area contributed by atoms with Crippen molar-refractivity contribution in [1.29, 1.82) is 0 Å². The van der Waals surface area contributed by atoms with Crippen LogP contribution in [0.1, 0.15) is 32.3 Å². The lowest BCUT2D eigenvalue weighted by Crippen LogP contribution is -2.51. The first-order chi connectivity index (χ1) is 8.86. The van der Waals surface area contributed by atoms with Crippen molar-refractivity contribution in [2.45, 2.75) is 38.6 Å². The predicted molar refractivity (Wildman–Crippen MR) is 74.0 cm³/mol. The van der Waals surface area contributed by atoms with Gasteiger partial charge in [-0.15, -0.1) is 0 Å². The number of phenolic OH excluding ortho intramolecular Hbond substituents is 2. The highest BCUT2D eigenvalue weighted by Gasteiger charge is 2.26. The summed E-state index contributed by atoms with van der Waals surface area (Å²) in [7, 11) is 0. The topological polar surface area (TPSA) is 95.6 Å². The Hall–Kier alpha value is -1.75. The van der Waals surface area contributed by atoms with Crippen molar-refractivity contribution in [1.82, 2.24) is 5.32 Å². The third-order valence-corrected chi connectivity index (χ3v) is 3.03. The van der Waals surface area contributed by atoms with Crippen LogP contribution in [0, 0.1) is 0 Å². The van der Waals surface area contributed by atoms with Crippen molar-refractivity contribution >= 4 is 5.91 Å². The van der Waals surface area contributed by atoms with Crippen LogP contribution in [-0.2, 0) is 11.2 Å². The molecule has 0 aliphatic heterocycles. The minimum Gasteiger partial charge on any atom is -0.504 e. The van der Waals surface area contributed by atoms with E-state index in [2.05, 4.69) is 5.32 Å². The Morgan fingerprint density at radius 2 is 2.05 bits per heavy atom. The lowest BCUT2D eigenvalue weighted by molar-refractivity contribution is -0.126. The van der Waals surface area contributed by atoms with E-state index in [1.165, 1.54) is 12.1 Å². The first-order valence-corrected chi connectivity index (χ1v) is 6.45. The molecule has 106 valence electrons. The molecule has 5 heteroatoms. The Bertz CT molecular complexity index is 444. The van der Waals surface area contributed by atoms with Crippen LogP contribution in [0.4, 0.5) is 0 Å². The number of aromatic hydroxyl groups is 2. The molecule has 0 saturated carbocycles. The van der Waals surface area contributed by atoms with Gasteiger partial charge in [-0.25, -0.2) is 0 Å². The van der Waals surface area contributed by atoms with Gasteiger partial charge in [0.1, 0.15) is 0 Å². The molecule has 0 spiro atoms. The van der Waals surface area contributed by atoms with Gasteiger partial charge in [0.25, 0.3) is 0 Å². The maximum atomic E-state index is 11.8. The largest absolute Gasteiger partial charge is 0.504 e. The molecule has 1 amide bonds. The highest BCUT2D eigenvalue weighted by Crippen LogP contribution is 2.24. The van der Waals surface area contributed by atoms with Crippen molar-refractivity contribution in [2.24, 2.45) is 5.73 Å². The minimum atomic E-state index is -0.841. The number of rotatable bonds is 6. The maximum absolute atomic E-state index is 11.8. The van der Waals surface area contributed by atoms with E-state index in [1.54, 1.807) is 13.0 Å². The number of benzene rings is 1. The second kappa shape index (κ2) is 6.43. The third kappa shape index (κ3) is 4.44. The Morgan fingerprint density at radius 1 is 1.37 bits per heavy atom. The Labute approximate surface area is 113 Å². The molecule has 0 heterocycles. The number of hydrogen-bond donors (Lipinski definition) is 4. The van der Waals surface area contributed by atoms with Crippen LogP contribution in [0.15, 0.2) is 18.2 Å². The van der Waals surface area contributed by atoms with Crippen LogP contribution in [0.5, 0.6) is 11.5 Å². The molecule has 0 aliphatic rings. The number of carbonyl (C=O) groups is 1. The van der Waals surface area contributed by atoms with Gasteiger partial charge in [-0.2, -0.15) is 0 Å². The number of phenols is 2. The van der Waals surface area contributed by atoms with Gasteiger partial charge in [0.2, 0.25) is 5.91 Å². The van der Waals surface area contributed by atoms with Crippen LogP contribution in [0.25, 0.3) is 0 Å². The van der Waals surface area contributed by atoms with Gasteiger partial charge in [-0.1, -0.05) is 19.4 Å². The van der Waals surface area contributed by atoms with Crippen LogP contribution in [0.3, 0.4) is 0 Å². The van der Waals surface area contributed by atoms with E-state index in [4.69, 9.17) is 5.73 Å². The molecule has 1 atom stereocenters. The average Bonchev–Trinajstić information content (AvgIpc) is 2.33. The van der Waals surface area contributed by atoms with Gasteiger partial charge in [0, 0.05) is 6.54 Å². The molecule has 0 bridgehead atoms. The van der Waals surface area contributed by atoms with Crippen molar-refractivity contribution in [3.05, 3.63) is 23.8 Å². The number of hydrogen-bond acceptors (Lipinski definition) is 4. The second-order valence-corrected chi connectivity index (χ2v) is 5.00. The zero-order chi connectivity index (χ0) is 14.5. The summed E-state index contributed by atoms with van der Waals surface area (Å²) in [6, 6.07) is 4.61. The number of nitrogens with one attached hydrogen (secondary N) is 1. The zero-order valence-corrected chi connectivity index (χ0v) is 11.4. The quantitative estimate of drug-likeness (QED) is 0.583. The van der Waals surface area contributed by atoms with Crippen LogP contribution in [0.2, 0.25) is 0 Å². The van der Waals surface area contributed by atoms with E-state index in [0.717, 1.165) is 12.0 Å². The molecule has 5 N–H and O–H groups in total. The fraction of sp³-hybridized carbons (Fsp3) is 0.500.